The maximum atomic E-state index is 13.6. The van der Waals surface area contributed by atoms with E-state index in [9.17, 15) is 14.4 Å². The van der Waals surface area contributed by atoms with Gasteiger partial charge < -0.3 is 10.6 Å². The number of fused-ring (bicyclic) bond motifs is 1. The van der Waals surface area contributed by atoms with Crippen LogP contribution >= 0.6 is 35.0 Å². The molecule has 208 valence electrons. The molecule has 8 heteroatoms. The summed E-state index contributed by atoms with van der Waals surface area (Å²) in [6.45, 7) is 0. The number of halogens is 2. The van der Waals surface area contributed by atoms with Gasteiger partial charge in [-0.3, -0.25) is 14.4 Å². The summed E-state index contributed by atoms with van der Waals surface area (Å²) in [4.78, 5) is 40.1. The first kappa shape index (κ1) is 29.1. The van der Waals surface area contributed by atoms with Crippen molar-refractivity contribution in [3.63, 3.8) is 0 Å². The third kappa shape index (κ3) is 7.28. The zero-order valence-corrected chi connectivity index (χ0v) is 24.5. The van der Waals surface area contributed by atoms with Crippen LogP contribution in [0.1, 0.15) is 26.3 Å². The van der Waals surface area contributed by atoms with Gasteiger partial charge in [0.15, 0.2) is 5.78 Å². The van der Waals surface area contributed by atoms with Crippen molar-refractivity contribution in [2.24, 2.45) is 0 Å². The lowest BCUT2D eigenvalue weighted by atomic mass is 10.0. The minimum atomic E-state index is -0.485. The van der Waals surface area contributed by atoms with Gasteiger partial charge in [-0.25, -0.2) is 0 Å². The van der Waals surface area contributed by atoms with Gasteiger partial charge in [-0.1, -0.05) is 89.9 Å². The molecule has 0 saturated heterocycles. The van der Waals surface area contributed by atoms with Crippen molar-refractivity contribution in [2.45, 2.75) is 4.90 Å². The van der Waals surface area contributed by atoms with E-state index in [1.165, 1.54) is 11.8 Å². The number of carbonyl (C=O) groups excluding carboxylic acids is 3. The zero-order chi connectivity index (χ0) is 29.5. The second-order valence-electron chi connectivity index (χ2n) is 9.27. The number of carbonyl (C=O) groups is 3. The molecule has 5 nitrogen and oxygen atoms in total. The Morgan fingerprint density at radius 1 is 0.714 bits per heavy atom. The van der Waals surface area contributed by atoms with Crippen LogP contribution in [0, 0.1) is 0 Å². The molecule has 0 atom stereocenters. The van der Waals surface area contributed by atoms with Crippen LogP contribution in [0.4, 0.5) is 5.69 Å². The summed E-state index contributed by atoms with van der Waals surface area (Å²) in [5.41, 5.74) is 2.30. The highest BCUT2D eigenvalue weighted by atomic mass is 35.5. The summed E-state index contributed by atoms with van der Waals surface area (Å²) in [5, 5.41) is 8.35. The van der Waals surface area contributed by atoms with E-state index in [1.54, 1.807) is 66.7 Å². The van der Waals surface area contributed by atoms with Crippen LogP contribution < -0.4 is 10.6 Å². The number of ketones is 1. The Kier molecular flexibility index (Phi) is 9.39. The van der Waals surface area contributed by atoms with E-state index in [2.05, 4.69) is 10.6 Å². The molecular formula is C34H24Cl2N2O3S. The predicted octanol–water partition coefficient (Wildman–Crippen LogP) is 8.53. The highest BCUT2D eigenvalue weighted by molar-refractivity contribution is 8.00. The van der Waals surface area contributed by atoms with Crippen molar-refractivity contribution < 1.29 is 14.4 Å². The number of anilines is 1. The average Bonchev–Trinajstić information content (AvgIpc) is 3.01. The van der Waals surface area contributed by atoms with Crippen molar-refractivity contribution in [3.05, 3.63) is 148 Å². The highest BCUT2D eigenvalue weighted by Gasteiger charge is 2.16. The quantitative estimate of drug-likeness (QED) is 0.0996. The Morgan fingerprint density at radius 3 is 2.26 bits per heavy atom. The van der Waals surface area contributed by atoms with Gasteiger partial charge in [0.25, 0.3) is 11.8 Å². The first-order valence-electron chi connectivity index (χ1n) is 13.0. The maximum absolute atomic E-state index is 13.6. The van der Waals surface area contributed by atoms with Crippen LogP contribution in [-0.4, -0.2) is 23.4 Å². The Hall–Kier alpha value is -4.36. The molecule has 0 unspecified atom stereocenters. The Labute approximate surface area is 257 Å². The monoisotopic (exact) mass is 610 g/mol. The molecule has 0 bridgehead atoms. The number of thioether (sulfide) groups is 1. The van der Waals surface area contributed by atoms with E-state index in [0.29, 0.717) is 26.9 Å². The van der Waals surface area contributed by atoms with Crippen molar-refractivity contribution in [1.29, 1.82) is 0 Å². The molecule has 0 spiro atoms. The predicted molar refractivity (Wildman–Crippen MR) is 172 cm³/mol. The van der Waals surface area contributed by atoms with E-state index in [0.717, 1.165) is 21.2 Å². The van der Waals surface area contributed by atoms with Gasteiger partial charge in [0.05, 0.1) is 15.8 Å². The number of amides is 2. The molecule has 5 aromatic rings. The summed E-state index contributed by atoms with van der Waals surface area (Å²) >= 11 is 13.3. The molecule has 0 saturated carbocycles. The van der Waals surface area contributed by atoms with Gasteiger partial charge in [-0.05, 0) is 70.9 Å². The standard InChI is InChI=1S/C34H24Cl2N2O3S/c35-29-17-16-25(18-30(29)36)32(39)21-42-27-14-7-13-26(20-27)37-34(41)31(38-33(40)23-9-2-1-3-10-23)19-24-12-6-11-22-8-4-5-15-28(22)24/h1-20H,21H2,(H,37,41)(H,38,40)/b31-19-. The van der Waals surface area contributed by atoms with Crippen molar-refractivity contribution in [3.8, 4) is 0 Å². The summed E-state index contributed by atoms with van der Waals surface area (Å²) in [5.74, 6) is -0.810. The topological polar surface area (TPSA) is 75.3 Å². The van der Waals surface area contributed by atoms with Gasteiger partial charge in [-0.2, -0.15) is 0 Å². The normalized spacial score (nSPS) is 11.2. The van der Waals surface area contributed by atoms with Gasteiger partial charge in [0.1, 0.15) is 5.70 Å². The molecular weight excluding hydrogens is 587 g/mol. The van der Waals surface area contributed by atoms with Crippen LogP contribution in [0.5, 0.6) is 0 Å². The minimum Gasteiger partial charge on any atom is -0.321 e. The summed E-state index contributed by atoms with van der Waals surface area (Å²) in [6, 6.07) is 34.3. The van der Waals surface area contributed by atoms with E-state index >= 15 is 0 Å². The van der Waals surface area contributed by atoms with Crippen molar-refractivity contribution in [1.82, 2.24) is 5.32 Å². The molecule has 0 aromatic heterocycles. The second-order valence-corrected chi connectivity index (χ2v) is 11.1. The van der Waals surface area contributed by atoms with Crippen LogP contribution in [-0.2, 0) is 4.79 Å². The molecule has 5 aromatic carbocycles. The average molecular weight is 612 g/mol. The Balaban J connectivity index is 1.36. The first-order valence-corrected chi connectivity index (χ1v) is 14.7. The summed E-state index contributed by atoms with van der Waals surface area (Å²) in [7, 11) is 0. The molecule has 0 heterocycles. The van der Waals surface area contributed by atoms with Crippen LogP contribution in [0.3, 0.4) is 0 Å². The molecule has 0 radical (unpaired) electrons. The fourth-order valence-corrected chi connectivity index (χ4v) is 5.39. The first-order chi connectivity index (χ1) is 20.4. The maximum Gasteiger partial charge on any atom is 0.272 e. The SMILES string of the molecule is O=C(Nc1cccc(SCC(=O)c2ccc(Cl)c(Cl)c2)c1)/C(=C/c1cccc2ccccc12)NC(=O)c1ccccc1. The van der Waals surface area contributed by atoms with Crippen LogP contribution in [0.15, 0.2) is 126 Å². The van der Waals surface area contributed by atoms with Crippen molar-refractivity contribution >= 4 is 75.1 Å². The lowest BCUT2D eigenvalue weighted by Crippen LogP contribution is -2.30. The fourth-order valence-electron chi connectivity index (χ4n) is 4.24. The van der Waals surface area contributed by atoms with E-state index in [1.807, 2.05) is 54.6 Å². The molecule has 2 amide bonds. The van der Waals surface area contributed by atoms with E-state index < -0.39 is 11.8 Å². The lowest BCUT2D eigenvalue weighted by Gasteiger charge is -2.13. The number of rotatable bonds is 9. The fraction of sp³-hybridized carbons (Fsp3) is 0.0294. The van der Waals surface area contributed by atoms with Crippen LogP contribution in [0.2, 0.25) is 10.0 Å². The van der Waals surface area contributed by atoms with Crippen molar-refractivity contribution in [2.75, 3.05) is 11.1 Å². The van der Waals surface area contributed by atoms with E-state index in [4.69, 9.17) is 23.2 Å². The van der Waals surface area contributed by atoms with Crippen LogP contribution in [0.25, 0.3) is 16.8 Å². The van der Waals surface area contributed by atoms with Gasteiger partial charge in [0.2, 0.25) is 0 Å². The third-order valence-corrected chi connectivity index (χ3v) is 8.09. The molecule has 0 aliphatic carbocycles. The molecule has 0 aliphatic heterocycles. The molecule has 0 fully saturated rings. The number of Topliss-reactive ketones (excluding diaryl/α,β-unsaturated/α-hetero) is 1. The number of nitrogens with one attached hydrogen (secondary N) is 2. The second kappa shape index (κ2) is 13.5. The Bertz CT molecular complexity index is 1820. The third-order valence-electron chi connectivity index (χ3n) is 6.36. The number of benzene rings is 5. The van der Waals surface area contributed by atoms with Gasteiger partial charge >= 0.3 is 0 Å². The molecule has 2 N–H and O–H groups in total. The smallest absolute Gasteiger partial charge is 0.272 e. The largest absolute Gasteiger partial charge is 0.321 e. The number of hydrogen-bond acceptors (Lipinski definition) is 4. The lowest BCUT2D eigenvalue weighted by molar-refractivity contribution is -0.113. The number of hydrogen-bond donors (Lipinski definition) is 2. The summed E-state index contributed by atoms with van der Waals surface area (Å²) in [6.07, 6.45) is 1.67. The highest BCUT2D eigenvalue weighted by Crippen LogP contribution is 2.26. The van der Waals surface area contributed by atoms with E-state index in [-0.39, 0.29) is 17.2 Å². The Morgan fingerprint density at radius 2 is 1.45 bits per heavy atom. The molecule has 5 rings (SSSR count). The molecule has 42 heavy (non-hydrogen) atoms. The zero-order valence-electron chi connectivity index (χ0n) is 22.1. The minimum absolute atomic E-state index is 0.0908. The van der Waals surface area contributed by atoms with Gasteiger partial charge in [0, 0.05) is 21.7 Å². The van der Waals surface area contributed by atoms with Gasteiger partial charge in [-0.15, -0.1) is 11.8 Å². The summed E-state index contributed by atoms with van der Waals surface area (Å²) < 4.78 is 0. The molecule has 0 aliphatic rings.